The van der Waals surface area contributed by atoms with Gasteiger partial charge >= 0.3 is 0 Å². The molecule has 3 heterocycles. The summed E-state index contributed by atoms with van der Waals surface area (Å²) in [7, 11) is -3.66. The van der Waals surface area contributed by atoms with Crippen molar-refractivity contribution in [1.29, 1.82) is 0 Å². The molecule has 0 aromatic heterocycles. The van der Waals surface area contributed by atoms with Gasteiger partial charge in [0.15, 0.2) is 5.79 Å². The number of Topliss-reactive ketones (excluding diaryl/α,β-unsaturated/α-hetero) is 1. The summed E-state index contributed by atoms with van der Waals surface area (Å²) in [5.74, 6) is -1.16. The van der Waals surface area contributed by atoms with Crippen molar-refractivity contribution in [1.82, 2.24) is 0 Å². The van der Waals surface area contributed by atoms with Crippen molar-refractivity contribution >= 4 is 15.9 Å². The van der Waals surface area contributed by atoms with E-state index < -0.39 is 46.4 Å². The number of ether oxygens (including phenoxy) is 3. The number of fused-ring (bicyclic) bond motifs is 4. The summed E-state index contributed by atoms with van der Waals surface area (Å²) in [5, 5.41) is 0. The quantitative estimate of drug-likeness (QED) is 0.688. The maximum atomic E-state index is 11.8. The van der Waals surface area contributed by atoms with Crippen LogP contribution in [-0.2, 0) is 33.3 Å². The molecule has 3 fully saturated rings. The van der Waals surface area contributed by atoms with E-state index in [0.717, 1.165) is 6.26 Å². The number of rotatable bonds is 3. The molecular formula is C13H20O7S. The predicted octanol–water partition coefficient (Wildman–Crippen LogP) is 0.228. The van der Waals surface area contributed by atoms with Gasteiger partial charge in [0.25, 0.3) is 10.1 Å². The predicted molar refractivity (Wildman–Crippen MR) is 71.0 cm³/mol. The van der Waals surface area contributed by atoms with Gasteiger partial charge in [0.2, 0.25) is 0 Å². The average Bonchev–Trinajstić information content (AvgIpc) is 2.82. The van der Waals surface area contributed by atoms with Crippen LogP contribution in [0.2, 0.25) is 0 Å². The van der Waals surface area contributed by atoms with Crippen molar-refractivity contribution < 1.29 is 31.6 Å². The Kier molecular flexibility index (Phi) is 3.46. The van der Waals surface area contributed by atoms with Gasteiger partial charge < -0.3 is 14.2 Å². The molecule has 0 spiro atoms. The Morgan fingerprint density at radius 2 is 1.81 bits per heavy atom. The third-order valence-electron chi connectivity index (χ3n) is 4.20. The van der Waals surface area contributed by atoms with Crippen LogP contribution in [0, 0.1) is 5.92 Å². The molecule has 3 rings (SSSR count). The van der Waals surface area contributed by atoms with Crippen LogP contribution in [0.1, 0.15) is 27.2 Å². The highest BCUT2D eigenvalue weighted by molar-refractivity contribution is 7.86. The molecule has 120 valence electrons. The third-order valence-corrected chi connectivity index (χ3v) is 4.77. The van der Waals surface area contributed by atoms with E-state index in [1.54, 1.807) is 13.8 Å². The summed E-state index contributed by atoms with van der Waals surface area (Å²) >= 11 is 0. The van der Waals surface area contributed by atoms with Gasteiger partial charge in [-0.25, -0.2) is 0 Å². The standard InChI is InChI=1S/C13H20O7S/c1-6(14)7-5-8-10(20-21(4,15)16)12-11(9(7)17-8)18-13(2,3)19-12/h7-12H,5H2,1-4H3/t7-,8?,9?,10-,11?,12?/m1/s1. The minimum absolute atomic E-state index is 0.00885. The molecule has 4 unspecified atom stereocenters. The first-order valence-corrected chi connectivity index (χ1v) is 8.79. The van der Waals surface area contributed by atoms with E-state index >= 15 is 0 Å². The number of hydrogen-bond donors (Lipinski definition) is 0. The number of carbonyl (C=O) groups is 1. The highest BCUT2D eigenvalue weighted by Crippen LogP contribution is 2.47. The normalized spacial score (nSPS) is 44.6. The monoisotopic (exact) mass is 320 g/mol. The number of hydrogen-bond acceptors (Lipinski definition) is 7. The van der Waals surface area contributed by atoms with Gasteiger partial charge in [-0.2, -0.15) is 8.42 Å². The van der Waals surface area contributed by atoms with Gasteiger partial charge in [-0.05, 0) is 27.2 Å². The molecule has 0 radical (unpaired) electrons. The van der Waals surface area contributed by atoms with E-state index in [2.05, 4.69) is 0 Å². The first kappa shape index (κ1) is 15.4. The molecule has 0 aromatic carbocycles. The molecule has 2 bridgehead atoms. The topological polar surface area (TPSA) is 88.1 Å². The Morgan fingerprint density at radius 1 is 1.19 bits per heavy atom. The van der Waals surface area contributed by atoms with E-state index in [1.807, 2.05) is 0 Å². The lowest BCUT2D eigenvalue weighted by Crippen LogP contribution is -2.54. The van der Waals surface area contributed by atoms with Gasteiger partial charge in [-0.15, -0.1) is 0 Å². The molecule has 3 saturated heterocycles. The molecule has 3 aliphatic rings. The van der Waals surface area contributed by atoms with Crippen LogP contribution >= 0.6 is 0 Å². The second-order valence-electron chi connectivity index (χ2n) is 6.42. The van der Waals surface area contributed by atoms with E-state index in [9.17, 15) is 13.2 Å². The van der Waals surface area contributed by atoms with Crippen molar-refractivity contribution in [2.24, 2.45) is 5.92 Å². The van der Waals surface area contributed by atoms with Crippen LogP contribution < -0.4 is 0 Å². The van der Waals surface area contributed by atoms with Crippen LogP contribution in [0.15, 0.2) is 0 Å². The summed E-state index contributed by atoms with van der Waals surface area (Å²) in [6.45, 7) is 5.01. The molecule has 7 nitrogen and oxygen atoms in total. The van der Waals surface area contributed by atoms with Gasteiger partial charge in [0.05, 0.1) is 18.5 Å². The molecule has 0 amide bonds. The summed E-state index contributed by atoms with van der Waals surface area (Å²) in [6.07, 6.45) is -1.29. The van der Waals surface area contributed by atoms with Gasteiger partial charge in [0, 0.05) is 5.92 Å². The lowest BCUT2D eigenvalue weighted by atomic mass is 9.93. The zero-order valence-electron chi connectivity index (χ0n) is 12.4. The Bertz CT molecular complexity index is 555. The lowest BCUT2D eigenvalue weighted by molar-refractivity contribution is -0.157. The SMILES string of the molecule is CC(=O)[C@H]1CC2OC1C1OC(C)(C)OC1[C@@H]2OS(C)(=O)=O. The highest BCUT2D eigenvalue weighted by Gasteiger charge is 2.62. The fourth-order valence-electron chi connectivity index (χ4n) is 3.51. The Balaban J connectivity index is 1.94. The molecule has 6 atom stereocenters. The average molecular weight is 320 g/mol. The van der Waals surface area contributed by atoms with Crippen molar-refractivity contribution in [3.8, 4) is 0 Å². The Hall–Kier alpha value is -0.540. The third kappa shape index (κ3) is 2.75. The molecule has 0 aliphatic carbocycles. The molecule has 3 aliphatic heterocycles. The van der Waals surface area contributed by atoms with Crippen molar-refractivity contribution in [3.05, 3.63) is 0 Å². The van der Waals surface area contributed by atoms with Gasteiger partial charge in [-0.1, -0.05) is 0 Å². The smallest absolute Gasteiger partial charge is 0.264 e. The Morgan fingerprint density at radius 3 is 2.38 bits per heavy atom. The van der Waals surface area contributed by atoms with E-state index in [-0.39, 0.29) is 11.7 Å². The van der Waals surface area contributed by atoms with E-state index in [0.29, 0.717) is 6.42 Å². The fourth-order valence-corrected chi connectivity index (χ4v) is 4.14. The largest absolute Gasteiger partial charge is 0.369 e. The molecule has 0 N–H and O–H groups in total. The maximum absolute atomic E-state index is 11.8. The molecule has 0 saturated carbocycles. The number of ketones is 1. The minimum Gasteiger partial charge on any atom is -0.369 e. The summed E-state index contributed by atoms with van der Waals surface area (Å²) in [6, 6.07) is 0. The van der Waals surface area contributed by atoms with E-state index in [4.69, 9.17) is 18.4 Å². The second-order valence-corrected chi connectivity index (χ2v) is 8.02. The molecule has 8 heteroatoms. The van der Waals surface area contributed by atoms with Gasteiger partial charge in [0.1, 0.15) is 24.1 Å². The summed E-state index contributed by atoms with van der Waals surface area (Å²) in [4.78, 5) is 11.8. The minimum atomic E-state index is -3.66. The van der Waals surface area contributed by atoms with Crippen LogP contribution in [0.4, 0.5) is 0 Å². The van der Waals surface area contributed by atoms with Crippen molar-refractivity contribution in [2.45, 2.75) is 63.5 Å². The first-order chi connectivity index (χ1) is 9.57. The Labute approximate surface area is 124 Å². The first-order valence-electron chi connectivity index (χ1n) is 6.97. The van der Waals surface area contributed by atoms with Crippen molar-refractivity contribution in [3.63, 3.8) is 0 Å². The zero-order chi connectivity index (χ0) is 15.6. The number of carbonyl (C=O) groups excluding carboxylic acids is 1. The van der Waals surface area contributed by atoms with Crippen LogP contribution in [0.5, 0.6) is 0 Å². The molecule has 21 heavy (non-hydrogen) atoms. The fraction of sp³-hybridized carbons (Fsp3) is 0.923. The maximum Gasteiger partial charge on any atom is 0.264 e. The van der Waals surface area contributed by atoms with Gasteiger partial charge in [-0.3, -0.25) is 8.98 Å². The molecule has 0 aromatic rings. The van der Waals surface area contributed by atoms with Crippen LogP contribution in [-0.4, -0.2) is 56.8 Å². The van der Waals surface area contributed by atoms with Crippen molar-refractivity contribution in [2.75, 3.05) is 6.26 Å². The summed E-state index contributed by atoms with van der Waals surface area (Å²) < 4.78 is 45.6. The second kappa shape index (κ2) is 4.73. The lowest BCUT2D eigenvalue weighted by Gasteiger charge is -2.36. The summed E-state index contributed by atoms with van der Waals surface area (Å²) in [5.41, 5.74) is 0. The highest BCUT2D eigenvalue weighted by atomic mass is 32.2. The molecular weight excluding hydrogens is 300 g/mol. The van der Waals surface area contributed by atoms with Crippen LogP contribution in [0.25, 0.3) is 0 Å². The zero-order valence-corrected chi connectivity index (χ0v) is 13.3. The van der Waals surface area contributed by atoms with E-state index in [1.165, 1.54) is 6.92 Å². The van der Waals surface area contributed by atoms with Crippen LogP contribution in [0.3, 0.4) is 0 Å².